The van der Waals surface area contributed by atoms with Crippen LogP contribution in [0.1, 0.15) is 60.1 Å². The molecule has 6 nitrogen and oxygen atoms in total. The first-order chi connectivity index (χ1) is 15.0. The smallest absolute Gasteiger partial charge is 0.407 e. The minimum Gasteiger partial charge on any atom is -0.493 e. The van der Waals surface area contributed by atoms with Gasteiger partial charge in [0.15, 0.2) is 17.3 Å². The van der Waals surface area contributed by atoms with E-state index in [4.69, 9.17) is 14.2 Å². The number of allylic oxidation sites excluding steroid dienone is 1. The number of methoxy groups -OCH3 is 1. The number of ketones is 1. The van der Waals surface area contributed by atoms with Gasteiger partial charge in [-0.25, -0.2) is 4.79 Å². The van der Waals surface area contributed by atoms with Gasteiger partial charge in [0.25, 0.3) is 0 Å². The first kappa shape index (κ1) is 21.0. The van der Waals surface area contributed by atoms with Crippen LogP contribution in [0.25, 0.3) is 6.08 Å². The number of Topliss-reactive ketones (excluding diaryl/α,β-unsaturated/α-hetero) is 1. The predicted octanol–water partition coefficient (Wildman–Crippen LogP) is 5.08. The van der Waals surface area contributed by atoms with Crippen LogP contribution >= 0.6 is 0 Å². The molecule has 31 heavy (non-hydrogen) atoms. The van der Waals surface area contributed by atoms with Gasteiger partial charge in [0.05, 0.1) is 19.3 Å². The van der Waals surface area contributed by atoms with Gasteiger partial charge >= 0.3 is 6.09 Å². The standard InChI is InChI=1S/C25H27NO5/c1-16(24(27)19-7-5-6-18(14-19)21-15-30-25(28)26-21)12-17-10-11-22(29-2)23(13-17)31-20-8-3-4-9-20/h5-7,10-14,20-21H,3-4,8-9,15H2,1-2H3,(H,26,28)/t21-/m0/s1. The first-order valence-electron chi connectivity index (χ1n) is 10.6. The van der Waals surface area contributed by atoms with Crippen LogP contribution in [0.15, 0.2) is 48.0 Å². The Bertz CT molecular complexity index is 1010. The average molecular weight is 421 g/mol. The Morgan fingerprint density at radius 2 is 1.94 bits per heavy atom. The van der Waals surface area contributed by atoms with Crippen LogP contribution in [0, 0.1) is 0 Å². The fourth-order valence-corrected chi connectivity index (χ4v) is 4.06. The molecule has 162 valence electrons. The molecule has 1 aliphatic carbocycles. The summed E-state index contributed by atoms with van der Waals surface area (Å²) in [7, 11) is 1.63. The minimum atomic E-state index is -0.437. The SMILES string of the molecule is COc1ccc(C=C(C)C(=O)c2cccc([C@@H]3COC(=O)N3)c2)cc1OC1CCCC1. The Labute approximate surface area is 182 Å². The van der Waals surface area contributed by atoms with Crippen molar-refractivity contribution in [3.8, 4) is 11.5 Å². The number of rotatable bonds is 7. The summed E-state index contributed by atoms with van der Waals surface area (Å²) in [5.74, 6) is 1.34. The van der Waals surface area contributed by atoms with Crippen molar-refractivity contribution in [1.82, 2.24) is 5.32 Å². The molecule has 0 bridgehead atoms. The molecular formula is C25H27NO5. The number of benzene rings is 2. The number of carbonyl (C=O) groups excluding carboxylic acids is 2. The summed E-state index contributed by atoms with van der Waals surface area (Å²) in [4.78, 5) is 24.3. The van der Waals surface area contributed by atoms with Gasteiger partial charge in [0.2, 0.25) is 0 Å². The average Bonchev–Trinajstić information content (AvgIpc) is 3.45. The van der Waals surface area contributed by atoms with E-state index in [-0.39, 0.29) is 24.5 Å². The highest BCUT2D eigenvalue weighted by Crippen LogP contribution is 2.33. The molecule has 2 fully saturated rings. The van der Waals surface area contributed by atoms with Gasteiger partial charge in [-0.1, -0.05) is 24.3 Å². The van der Waals surface area contributed by atoms with E-state index in [0.29, 0.717) is 22.6 Å². The Morgan fingerprint density at radius 3 is 2.65 bits per heavy atom. The van der Waals surface area contributed by atoms with E-state index in [2.05, 4.69) is 5.32 Å². The van der Waals surface area contributed by atoms with Crippen molar-refractivity contribution in [2.75, 3.05) is 13.7 Å². The second-order valence-corrected chi connectivity index (χ2v) is 8.01. The zero-order valence-electron chi connectivity index (χ0n) is 17.9. The third-order valence-electron chi connectivity index (χ3n) is 5.75. The maximum Gasteiger partial charge on any atom is 0.407 e. The van der Waals surface area contributed by atoms with Gasteiger partial charge < -0.3 is 19.5 Å². The van der Waals surface area contributed by atoms with Crippen LogP contribution in [-0.2, 0) is 4.74 Å². The van der Waals surface area contributed by atoms with Crippen LogP contribution in [-0.4, -0.2) is 31.7 Å². The van der Waals surface area contributed by atoms with Crippen LogP contribution < -0.4 is 14.8 Å². The minimum absolute atomic E-state index is 0.0684. The Balaban J connectivity index is 1.53. The quantitative estimate of drug-likeness (QED) is 0.498. The lowest BCUT2D eigenvalue weighted by molar-refractivity contribution is 0.103. The van der Waals surface area contributed by atoms with Crippen molar-refractivity contribution in [2.24, 2.45) is 0 Å². The summed E-state index contributed by atoms with van der Waals surface area (Å²) in [6.07, 6.45) is 6.14. The van der Waals surface area contributed by atoms with Gasteiger partial charge in [0.1, 0.15) is 6.61 Å². The summed E-state index contributed by atoms with van der Waals surface area (Å²) in [5, 5.41) is 2.74. The molecule has 6 heteroatoms. The fourth-order valence-electron chi connectivity index (χ4n) is 4.06. The van der Waals surface area contributed by atoms with Crippen molar-refractivity contribution in [1.29, 1.82) is 0 Å². The number of cyclic esters (lactones) is 1. The molecule has 1 heterocycles. The van der Waals surface area contributed by atoms with Crippen molar-refractivity contribution >= 4 is 18.0 Å². The summed E-state index contributed by atoms with van der Waals surface area (Å²) in [6.45, 7) is 2.07. The van der Waals surface area contributed by atoms with Crippen LogP contribution in [0.3, 0.4) is 0 Å². The molecule has 0 spiro atoms. The van der Waals surface area contributed by atoms with Crippen LogP contribution in [0.5, 0.6) is 11.5 Å². The van der Waals surface area contributed by atoms with E-state index < -0.39 is 6.09 Å². The largest absolute Gasteiger partial charge is 0.493 e. The summed E-state index contributed by atoms with van der Waals surface area (Å²) < 4.78 is 16.6. The third-order valence-corrected chi connectivity index (χ3v) is 5.75. The van der Waals surface area contributed by atoms with Crippen LogP contribution in [0.2, 0.25) is 0 Å². The zero-order chi connectivity index (χ0) is 21.8. The molecule has 2 aromatic carbocycles. The molecular weight excluding hydrogens is 394 g/mol. The second kappa shape index (κ2) is 9.25. The molecule has 1 saturated heterocycles. The Morgan fingerprint density at radius 1 is 1.13 bits per heavy atom. The molecule has 1 amide bonds. The highest BCUT2D eigenvalue weighted by Gasteiger charge is 2.24. The summed E-state index contributed by atoms with van der Waals surface area (Å²) >= 11 is 0. The molecule has 2 aromatic rings. The maximum absolute atomic E-state index is 13.0. The molecule has 0 aromatic heterocycles. The fraction of sp³-hybridized carbons (Fsp3) is 0.360. The molecule has 1 aliphatic heterocycles. The van der Waals surface area contributed by atoms with Gasteiger partial charge in [-0.15, -0.1) is 0 Å². The number of alkyl carbamates (subject to hydrolysis) is 1. The molecule has 0 radical (unpaired) electrons. The number of nitrogens with one attached hydrogen (secondary N) is 1. The van der Waals surface area contributed by atoms with Crippen molar-refractivity contribution in [3.05, 3.63) is 64.7 Å². The summed E-state index contributed by atoms with van der Waals surface area (Å²) in [6, 6.07) is 12.8. The van der Waals surface area contributed by atoms with E-state index in [1.165, 1.54) is 12.8 Å². The van der Waals surface area contributed by atoms with E-state index in [9.17, 15) is 9.59 Å². The number of hydrogen-bond donors (Lipinski definition) is 1. The highest BCUT2D eigenvalue weighted by atomic mass is 16.6. The molecule has 2 aliphatic rings. The molecule has 4 rings (SSSR count). The lowest BCUT2D eigenvalue weighted by Crippen LogP contribution is -2.18. The first-order valence-corrected chi connectivity index (χ1v) is 10.6. The molecule has 1 N–H and O–H groups in total. The van der Waals surface area contributed by atoms with Gasteiger partial charge in [-0.05, 0) is 73.6 Å². The normalized spacial score (nSPS) is 19.1. The van der Waals surface area contributed by atoms with Crippen molar-refractivity contribution in [3.63, 3.8) is 0 Å². The second-order valence-electron chi connectivity index (χ2n) is 8.01. The summed E-state index contributed by atoms with van der Waals surface area (Å²) in [5.41, 5.74) is 2.91. The topological polar surface area (TPSA) is 73.9 Å². The van der Waals surface area contributed by atoms with Gasteiger partial charge in [-0.3, -0.25) is 4.79 Å². The zero-order valence-corrected chi connectivity index (χ0v) is 17.9. The lowest BCUT2D eigenvalue weighted by Gasteiger charge is -2.16. The monoisotopic (exact) mass is 421 g/mol. The molecule has 1 saturated carbocycles. The number of carbonyl (C=O) groups is 2. The van der Waals surface area contributed by atoms with Crippen molar-refractivity contribution in [2.45, 2.75) is 44.8 Å². The molecule has 1 atom stereocenters. The number of ether oxygens (including phenoxy) is 3. The van der Waals surface area contributed by atoms with E-state index in [1.807, 2.05) is 42.5 Å². The van der Waals surface area contributed by atoms with Crippen molar-refractivity contribution < 1.29 is 23.8 Å². The predicted molar refractivity (Wildman–Crippen MR) is 118 cm³/mol. The Hall–Kier alpha value is -3.28. The molecule has 0 unspecified atom stereocenters. The van der Waals surface area contributed by atoms with Crippen LogP contribution in [0.4, 0.5) is 4.79 Å². The number of amides is 1. The van der Waals surface area contributed by atoms with E-state index in [1.54, 1.807) is 20.1 Å². The number of hydrogen-bond acceptors (Lipinski definition) is 5. The lowest BCUT2D eigenvalue weighted by atomic mass is 9.98. The van der Waals surface area contributed by atoms with E-state index >= 15 is 0 Å². The van der Waals surface area contributed by atoms with E-state index in [0.717, 1.165) is 24.0 Å². The highest BCUT2D eigenvalue weighted by molar-refractivity contribution is 6.11. The maximum atomic E-state index is 13.0. The van der Waals surface area contributed by atoms with Gasteiger partial charge in [0, 0.05) is 5.56 Å². The van der Waals surface area contributed by atoms with Gasteiger partial charge in [-0.2, -0.15) is 0 Å². The Kier molecular flexibility index (Phi) is 6.26. The third kappa shape index (κ3) is 4.90.